The van der Waals surface area contributed by atoms with Gasteiger partial charge >= 0.3 is 5.97 Å². The summed E-state index contributed by atoms with van der Waals surface area (Å²) in [6.45, 7) is 4.26. The fraction of sp³-hybridized carbons (Fsp3) is 0.250. The van der Waals surface area contributed by atoms with Gasteiger partial charge in [-0.3, -0.25) is 4.98 Å². The number of aromatic nitrogens is 1. The third-order valence-electron chi connectivity index (χ3n) is 2.99. The average molecular weight is 287 g/mol. The molecule has 0 atom stereocenters. The number of carbonyl (C=O) groups is 1. The fourth-order valence-corrected chi connectivity index (χ4v) is 1.98. The highest BCUT2D eigenvalue weighted by Crippen LogP contribution is 2.25. The van der Waals surface area contributed by atoms with Gasteiger partial charge in [0.2, 0.25) is 0 Å². The molecule has 1 aromatic heterocycles. The third-order valence-corrected chi connectivity index (χ3v) is 2.99. The van der Waals surface area contributed by atoms with Gasteiger partial charge in [0.25, 0.3) is 0 Å². The van der Waals surface area contributed by atoms with Crippen molar-refractivity contribution in [1.29, 1.82) is 0 Å². The zero-order chi connectivity index (χ0) is 15.2. The predicted octanol–water partition coefficient (Wildman–Crippen LogP) is 3.07. The number of benzene rings is 1. The molecule has 21 heavy (non-hydrogen) atoms. The molecular formula is C16H17NO4. The Morgan fingerprint density at radius 2 is 1.95 bits per heavy atom. The Kier molecular flexibility index (Phi) is 4.77. The van der Waals surface area contributed by atoms with Gasteiger partial charge in [0.15, 0.2) is 0 Å². The number of rotatable bonds is 6. The van der Waals surface area contributed by atoms with Crippen LogP contribution in [0.15, 0.2) is 36.5 Å². The zero-order valence-electron chi connectivity index (χ0n) is 12.0. The van der Waals surface area contributed by atoms with E-state index in [0.717, 1.165) is 5.69 Å². The molecular weight excluding hydrogens is 270 g/mol. The van der Waals surface area contributed by atoms with Crippen LogP contribution in [0.1, 0.15) is 28.5 Å². The minimum Gasteiger partial charge on any atom is -0.493 e. The quantitative estimate of drug-likeness (QED) is 0.884. The van der Waals surface area contributed by atoms with Crippen LogP contribution < -0.4 is 9.47 Å². The van der Waals surface area contributed by atoms with Crippen LogP contribution in [0.5, 0.6) is 11.5 Å². The van der Waals surface area contributed by atoms with Crippen molar-refractivity contribution >= 4 is 5.97 Å². The van der Waals surface area contributed by atoms with Crippen molar-refractivity contribution in [1.82, 2.24) is 4.98 Å². The van der Waals surface area contributed by atoms with Gasteiger partial charge in [-0.15, -0.1) is 0 Å². The molecule has 0 aliphatic carbocycles. The maximum atomic E-state index is 11.3. The summed E-state index contributed by atoms with van der Waals surface area (Å²) in [6, 6.07) is 8.51. The molecule has 0 spiro atoms. The summed E-state index contributed by atoms with van der Waals surface area (Å²) in [7, 11) is 0. The lowest BCUT2D eigenvalue weighted by Gasteiger charge is -2.14. The van der Waals surface area contributed by atoms with E-state index in [4.69, 9.17) is 9.47 Å². The number of carboxylic acid groups (broad SMARTS) is 1. The van der Waals surface area contributed by atoms with Gasteiger partial charge in [0, 0.05) is 11.8 Å². The van der Waals surface area contributed by atoms with E-state index in [1.165, 1.54) is 0 Å². The molecule has 1 heterocycles. The smallest absolute Gasteiger partial charge is 0.336 e. The Morgan fingerprint density at radius 3 is 2.62 bits per heavy atom. The number of aromatic carboxylic acids is 1. The first-order valence-corrected chi connectivity index (χ1v) is 6.66. The number of nitrogens with zero attached hydrogens (tertiary/aromatic N) is 1. The van der Waals surface area contributed by atoms with Crippen LogP contribution in [0, 0.1) is 6.92 Å². The molecule has 0 fully saturated rings. The van der Waals surface area contributed by atoms with Gasteiger partial charge in [-0.1, -0.05) is 6.07 Å². The van der Waals surface area contributed by atoms with E-state index in [2.05, 4.69) is 4.98 Å². The Hall–Kier alpha value is -2.56. The molecule has 5 heteroatoms. The average Bonchev–Trinajstić information content (AvgIpc) is 2.47. The molecule has 0 saturated carbocycles. The van der Waals surface area contributed by atoms with E-state index >= 15 is 0 Å². The van der Waals surface area contributed by atoms with Gasteiger partial charge < -0.3 is 14.6 Å². The molecule has 0 unspecified atom stereocenters. The van der Waals surface area contributed by atoms with Crippen molar-refractivity contribution in [2.75, 3.05) is 6.61 Å². The maximum absolute atomic E-state index is 11.3. The standard InChI is InChI=1S/C16H17NO4/c1-3-20-15-7-4-6-12(16(18)19)13(15)10-21-14-8-5-9-17-11(14)2/h4-9H,3,10H2,1-2H3,(H,18,19). The largest absolute Gasteiger partial charge is 0.493 e. The molecule has 0 bridgehead atoms. The Morgan fingerprint density at radius 1 is 1.19 bits per heavy atom. The van der Waals surface area contributed by atoms with Crippen LogP contribution in [-0.4, -0.2) is 22.7 Å². The Labute approximate surface area is 123 Å². The normalized spacial score (nSPS) is 10.2. The second-order valence-corrected chi connectivity index (χ2v) is 4.40. The minimum absolute atomic E-state index is 0.115. The summed E-state index contributed by atoms with van der Waals surface area (Å²) in [5, 5.41) is 9.29. The molecule has 0 amide bonds. The van der Waals surface area contributed by atoms with Gasteiger partial charge in [-0.2, -0.15) is 0 Å². The number of carboxylic acids is 1. The van der Waals surface area contributed by atoms with E-state index in [9.17, 15) is 9.90 Å². The summed E-state index contributed by atoms with van der Waals surface area (Å²) < 4.78 is 11.2. The topological polar surface area (TPSA) is 68.7 Å². The second kappa shape index (κ2) is 6.74. The Bertz CT molecular complexity index is 640. The molecule has 0 aliphatic rings. The van der Waals surface area contributed by atoms with Crippen LogP contribution in [0.25, 0.3) is 0 Å². The highest BCUT2D eigenvalue weighted by molar-refractivity contribution is 5.90. The summed E-state index contributed by atoms with van der Waals surface area (Å²) in [6.07, 6.45) is 1.68. The fourth-order valence-electron chi connectivity index (χ4n) is 1.98. The molecule has 0 saturated heterocycles. The molecule has 0 radical (unpaired) electrons. The number of ether oxygens (including phenoxy) is 2. The van der Waals surface area contributed by atoms with Gasteiger partial charge in [0.05, 0.1) is 17.9 Å². The highest BCUT2D eigenvalue weighted by atomic mass is 16.5. The van der Waals surface area contributed by atoms with Crippen LogP contribution in [0.4, 0.5) is 0 Å². The first-order chi connectivity index (χ1) is 10.1. The first-order valence-electron chi connectivity index (χ1n) is 6.66. The van der Waals surface area contributed by atoms with Crippen molar-refractivity contribution in [2.45, 2.75) is 20.5 Å². The number of pyridine rings is 1. The molecule has 1 aromatic carbocycles. The van der Waals surface area contributed by atoms with Crippen molar-refractivity contribution in [3.8, 4) is 11.5 Å². The highest BCUT2D eigenvalue weighted by Gasteiger charge is 2.16. The van der Waals surface area contributed by atoms with E-state index in [1.54, 1.807) is 36.5 Å². The van der Waals surface area contributed by atoms with Crippen molar-refractivity contribution in [3.63, 3.8) is 0 Å². The lowest BCUT2D eigenvalue weighted by molar-refractivity contribution is 0.0693. The van der Waals surface area contributed by atoms with E-state index in [1.807, 2.05) is 13.8 Å². The molecule has 2 aromatic rings. The lowest BCUT2D eigenvalue weighted by Crippen LogP contribution is -2.09. The summed E-state index contributed by atoms with van der Waals surface area (Å²) in [5.41, 5.74) is 1.46. The third kappa shape index (κ3) is 3.51. The van der Waals surface area contributed by atoms with Crippen molar-refractivity contribution < 1.29 is 19.4 Å². The van der Waals surface area contributed by atoms with Gasteiger partial charge in [-0.05, 0) is 38.1 Å². The minimum atomic E-state index is -1.00. The predicted molar refractivity (Wildman–Crippen MR) is 77.9 cm³/mol. The van der Waals surface area contributed by atoms with Gasteiger partial charge in [-0.25, -0.2) is 4.79 Å². The zero-order valence-corrected chi connectivity index (χ0v) is 12.0. The summed E-state index contributed by atoms with van der Waals surface area (Å²) in [5.74, 6) is 0.150. The van der Waals surface area contributed by atoms with E-state index in [0.29, 0.717) is 23.7 Å². The number of hydrogen-bond donors (Lipinski definition) is 1. The van der Waals surface area contributed by atoms with Crippen molar-refractivity contribution in [3.05, 3.63) is 53.3 Å². The van der Waals surface area contributed by atoms with Crippen LogP contribution in [-0.2, 0) is 6.61 Å². The SMILES string of the molecule is CCOc1cccc(C(=O)O)c1COc1cccnc1C. The summed E-state index contributed by atoms with van der Waals surface area (Å²) in [4.78, 5) is 15.5. The Balaban J connectivity index is 2.29. The van der Waals surface area contributed by atoms with Crippen LogP contribution in [0.3, 0.4) is 0 Å². The van der Waals surface area contributed by atoms with Crippen LogP contribution in [0.2, 0.25) is 0 Å². The monoisotopic (exact) mass is 287 g/mol. The maximum Gasteiger partial charge on any atom is 0.336 e. The molecule has 2 rings (SSSR count). The van der Waals surface area contributed by atoms with Crippen LogP contribution >= 0.6 is 0 Å². The number of aryl methyl sites for hydroxylation is 1. The second-order valence-electron chi connectivity index (χ2n) is 4.40. The lowest BCUT2D eigenvalue weighted by atomic mass is 10.1. The van der Waals surface area contributed by atoms with E-state index in [-0.39, 0.29) is 12.2 Å². The van der Waals surface area contributed by atoms with Gasteiger partial charge in [0.1, 0.15) is 18.1 Å². The first kappa shape index (κ1) is 14.8. The van der Waals surface area contributed by atoms with Crippen molar-refractivity contribution in [2.24, 2.45) is 0 Å². The molecule has 5 nitrogen and oxygen atoms in total. The van der Waals surface area contributed by atoms with E-state index < -0.39 is 5.97 Å². The number of hydrogen-bond acceptors (Lipinski definition) is 4. The molecule has 1 N–H and O–H groups in total. The molecule has 0 aliphatic heterocycles. The molecule has 110 valence electrons. The summed E-state index contributed by atoms with van der Waals surface area (Å²) >= 11 is 0.